The van der Waals surface area contributed by atoms with Crippen LogP contribution >= 0.6 is 0 Å². The molecule has 0 radical (unpaired) electrons. The maximum atomic E-state index is 12.5. The monoisotopic (exact) mass is 537 g/mol. The van der Waals surface area contributed by atoms with Crippen LogP contribution in [0.2, 0.25) is 0 Å². The van der Waals surface area contributed by atoms with E-state index in [4.69, 9.17) is 15.9 Å². The summed E-state index contributed by atoms with van der Waals surface area (Å²) in [4.78, 5) is 82.9. The summed E-state index contributed by atoms with van der Waals surface area (Å²) >= 11 is 0. The molecule has 38 heavy (non-hydrogen) atoms. The first-order valence-corrected chi connectivity index (χ1v) is 11.4. The highest BCUT2D eigenvalue weighted by Gasteiger charge is 2.30. The summed E-state index contributed by atoms with van der Waals surface area (Å²) in [6.07, 6.45) is -1.65. The van der Waals surface area contributed by atoms with Gasteiger partial charge < -0.3 is 42.3 Å². The lowest BCUT2D eigenvalue weighted by Gasteiger charge is -2.23. The first kappa shape index (κ1) is 31.5. The number of carboxylic acids is 3. The third-order valence-electron chi connectivity index (χ3n) is 5.14. The number of nitrogens with one attached hydrogen (secondary N) is 4. The van der Waals surface area contributed by atoms with Crippen molar-refractivity contribution < 1.29 is 48.9 Å². The van der Waals surface area contributed by atoms with Gasteiger partial charge in [-0.15, -0.1) is 0 Å². The Bertz CT molecular complexity index is 1050. The van der Waals surface area contributed by atoms with Crippen molar-refractivity contribution in [1.29, 1.82) is 0 Å². The van der Waals surface area contributed by atoms with E-state index in [0.717, 1.165) is 0 Å². The molecule has 0 saturated carbocycles. The molecule has 0 bridgehead atoms. The minimum Gasteiger partial charge on any atom is -0.481 e. The molecule has 0 aromatic heterocycles. The van der Waals surface area contributed by atoms with Crippen molar-refractivity contribution in [2.24, 2.45) is 5.73 Å². The molecule has 15 nitrogen and oxygen atoms in total. The van der Waals surface area contributed by atoms with Gasteiger partial charge in [0, 0.05) is 6.42 Å². The molecule has 1 aromatic carbocycles. The van der Waals surface area contributed by atoms with Crippen LogP contribution in [0.5, 0.6) is 0 Å². The number of rotatable bonds is 15. The van der Waals surface area contributed by atoms with Gasteiger partial charge in [-0.2, -0.15) is 0 Å². The lowest BCUT2D eigenvalue weighted by molar-refractivity contribution is -0.142. The number of aliphatic carboxylic acids is 3. The Kier molecular flexibility index (Phi) is 12.3. The molecule has 0 aliphatic heterocycles. The first-order valence-electron chi connectivity index (χ1n) is 11.4. The smallest absolute Gasteiger partial charge is 0.326 e. The van der Waals surface area contributed by atoms with Gasteiger partial charge >= 0.3 is 17.9 Å². The van der Waals surface area contributed by atoms with Crippen molar-refractivity contribution in [3.05, 3.63) is 35.9 Å². The van der Waals surface area contributed by atoms with Gasteiger partial charge in [0.2, 0.25) is 23.6 Å². The van der Waals surface area contributed by atoms with Crippen LogP contribution in [0, 0.1) is 0 Å². The van der Waals surface area contributed by atoms with Crippen LogP contribution in [0.4, 0.5) is 0 Å². The highest BCUT2D eigenvalue weighted by atomic mass is 16.4. The van der Waals surface area contributed by atoms with Gasteiger partial charge in [0.1, 0.15) is 24.2 Å². The number of benzene rings is 1. The van der Waals surface area contributed by atoms with Crippen LogP contribution < -0.4 is 27.0 Å². The normalized spacial score (nSPS) is 14.5. The van der Waals surface area contributed by atoms with E-state index in [-0.39, 0.29) is 6.42 Å². The topological polar surface area (TPSA) is 254 Å². The van der Waals surface area contributed by atoms with E-state index in [0.29, 0.717) is 5.56 Å². The molecule has 1 aromatic rings. The van der Waals surface area contributed by atoms with E-state index < -0.39 is 84.6 Å². The Morgan fingerprint density at radius 1 is 0.684 bits per heavy atom. The van der Waals surface area contributed by atoms with Crippen molar-refractivity contribution in [3.8, 4) is 0 Å². The molecule has 1 rings (SSSR count). The molecule has 5 atom stereocenters. The largest absolute Gasteiger partial charge is 0.481 e. The van der Waals surface area contributed by atoms with Gasteiger partial charge in [-0.25, -0.2) is 4.79 Å². The summed E-state index contributed by atoms with van der Waals surface area (Å²) in [5.74, 6) is -7.96. The average Bonchev–Trinajstić information content (AvgIpc) is 2.82. The van der Waals surface area contributed by atoms with E-state index in [2.05, 4.69) is 16.0 Å². The molecule has 4 amide bonds. The van der Waals surface area contributed by atoms with Crippen LogP contribution in [0.25, 0.3) is 0 Å². The van der Waals surface area contributed by atoms with Gasteiger partial charge in [0.25, 0.3) is 0 Å². The Hall–Kier alpha value is -4.53. The second-order valence-corrected chi connectivity index (χ2v) is 8.41. The summed E-state index contributed by atoms with van der Waals surface area (Å²) in [5.41, 5.74) is 6.08. The fourth-order valence-electron chi connectivity index (χ4n) is 3.07. The predicted molar refractivity (Wildman–Crippen MR) is 129 cm³/mol. The van der Waals surface area contributed by atoms with Crippen molar-refractivity contribution in [1.82, 2.24) is 21.3 Å². The Balaban J connectivity index is 2.74. The van der Waals surface area contributed by atoms with Crippen LogP contribution in [0.15, 0.2) is 30.3 Å². The maximum absolute atomic E-state index is 12.5. The van der Waals surface area contributed by atoms with Crippen molar-refractivity contribution in [2.75, 3.05) is 0 Å². The molecule has 0 aliphatic carbocycles. The zero-order valence-electron chi connectivity index (χ0n) is 20.7. The van der Waals surface area contributed by atoms with Crippen molar-refractivity contribution in [2.45, 2.75) is 63.3 Å². The molecule has 0 fully saturated rings. The van der Waals surface area contributed by atoms with Crippen LogP contribution in [-0.4, -0.2) is 87.1 Å². The fraction of sp³-hybridized carbons (Fsp3) is 0.435. The van der Waals surface area contributed by atoms with E-state index in [1.54, 1.807) is 30.3 Å². The quantitative estimate of drug-likeness (QED) is 0.117. The number of hydrogen-bond acceptors (Lipinski definition) is 8. The summed E-state index contributed by atoms with van der Waals surface area (Å²) < 4.78 is 0. The molecule has 9 N–H and O–H groups in total. The third kappa shape index (κ3) is 11.0. The predicted octanol–water partition coefficient (Wildman–Crippen LogP) is -2.43. The van der Waals surface area contributed by atoms with Gasteiger partial charge in [0.15, 0.2) is 0 Å². The molecule has 0 spiro atoms. The maximum Gasteiger partial charge on any atom is 0.326 e. The molecule has 0 unspecified atom stereocenters. The molecule has 15 heteroatoms. The van der Waals surface area contributed by atoms with E-state index in [9.17, 15) is 38.7 Å². The zero-order valence-corrected chi connectivity index (χ0v) is 20.7. The highest BCUT2D eigenvalue weighted by Crippen LogP contribution is 2.04. The third-order valence-corrected chi connectivity index (χ3v) is 5.14. The summed E-state index contributed by atoms with van der Waals surface area (Å²) in [6, 6.07) is 1.56. The molecule has 0 aliphatic rings. The Morgan fingerprint density at radius 2 is 1.16 bits per heavy atom. The van der Waals surface area contributed by atoms with E-state index in [1.165, 1.54) is 13.8 Å². The van der Waals surface area contributed by atoms with Gasteiger partial charge in [-0.05, 0) is 19.4 Å². The summed E-state index contributed by atoms with van der Waals surface area (Å²) in [6.45, 7) is 2.52. The molecule has 0 saturated heterocycles. The fourth-order valence-corrected chi connectivity index (χ4v) is 3.07. The van der Waals surface area contributed by atoms with Crippen LogP contribution in [0.1, 0.15) is 32.3 Å². The Labute approximate surface area is 217 Å². The average molecular weight is 538 g/mol. The molecule has 0 heterocycles. The lowest BCUT2D eigenvalue weighted by Crippen LogP contribution is -2.57. The highest BCUT2D eigenvalue weighted by molar-refractivity contribution is 5.96. The van der Waals surface area contributed by atoms with Crippen molar-refractivity contribution >= 4 is 41.5 Å². The number of hydrogen-bond donors (Lipinski definition) is 8. The molecule has 208 valence electrons. The number of nitrogens with two attached hydrogens (primary N) is 1. The minimum absolute atomic E-state index is 0.00183. The van der Waals surface area contributed by atoms with Gasteiger partial charge in [0.05, 0.1) is 18.9 Å². The number of carbonyl (C=O) groups excluding carboxylic acids is 4. The standard InChI is InChI=1S/C23H31N5O10/c1-11(26-22(36)15(10-18(31)32)27-21(35)14(24)9-17(29)30)19(33)25-12(2)20(34)28-16(23(37)38)8-13-6-4-3-5-7-13/h3-7,11-12,14-16H,8-10,24H2,1-2H3,(H,25,33)(H,26,36)(H,27,35)(H,28,34)(H,29,30)(H,31,32)(H,37,38)/t11-,12-,14-,15-,16-/m0/s1. The first-order chi connectivity index (χ1) is 17.7. The minimum atomic E-state index is -1.68. The SMILES string of the molecule is C[C@H](NC(=O)[C@H](C)NC(=O)[C@H](CC(=O)O)NC(=O)[C@@H](N)CC(=O)O)C(=O)N[C@@H](Cc1ccccc1)C(=O)O. The molecular formula is C23H31N5O10. The number of carbonyl (C=O) groups is 7. The van der Waals surface area contributed by atoms with E-state index >= 15 is 0 Å². The van der Waals surface area contributed by atoms with Gasteiger partial charge in [-0.1, -0.05) is 30.3 Å². The van der Waals surface area contributed by atoms with Gasteiger partial charge in [-0.3, -0.25) is 28.8 Å². The second kappa shape index (κ2) is 14.9. The van der Waals surface area contributed by atoms with Crippen LogP contribution in [-0.2, 0) is 40.0 Å². The zero-order chi connectivity index (χ0) is 29.0. The van der Waals surface area contributed by atoms with E-state index in [1.807, 2.05) is 5.32 Å². The summed E-state index contributed by atoms with van der Waals surface area (Å²) in [5, 5.41) is 36.0. The van der Waals surface area contributed by atoms with Crippen LogP contribution in [0.3, 0.4) is 0 Å². The Morgan fingerprint density at radius 3 is 1.66 bits per heavy atom. The number of carboxylic acid groups (broad SMARTS) is 3. The number of amides is 4. The molecular weight excluding hydrogens is 506 g/mol. The lowest BCUT2D eigenvalue weighted by atomic mass is 10.1. The summed E-state index contributed by atoms with van der Waals surface area (Å²) in [7, 11) is 0. The second-order valence-electron chi connectivity index (χ2n) is 8.41. The van der Waals surface area contributed by atoms with Crippen molar-refractivity contribution in [3.63, 3.8) is 0 Å².